The van der Waals surface area contributed by atoms with Crippen molar-refractivity contribution in [1.29, 1.82) is 0 Å². The van der Waals surface area contributed by atoms with Crippen molar-refractivity contribution < 1.29 is 14.9 Å². The topological polar surface area (TPSA) is 49.7 Å². The summed E-state index contributed by atoms with van der Waals surface area (Å²) < 4.78 is 5.25. The third kappa shape index (κ3) is 3.52. The first kappa shape index (κ1) is 11.9. The van der Waals surface area contributed by atoms with E-state index in [9.17, 15) is 5.11 Å². The fourth-order valence-corrected chi connectivity index (χ4v) is 1.21. The molecular weight excluding hydrogens is 156 g/mol. The quantitative estimate of drug-likeness (QED) is 0.625. The third-order valence-corrected chi connectivity index (χ3v) is 1.89. The highest BCUT2D eigenvalue weighted by molar-refractivity contribution is 4.75. The molecule has 0 spiro atoms. The molecule has 0 aromatic rings. The molecule has 1 heterocycles. The Morgan fingerprint density at radius 3 is 2.33 bits per heavy atom. The molecule has 3 heteroatoms. The van der Waals surface area contributed by atoms with E-state index >= 15 is 0 Å². The smallest absolute Gasteiger partial charge is 0.107 e. The van der Waals surface area contributed by atoms with Crippen molar-refractivity contribution in [2.45, 2.75) is 51.9 Å². The summed E-state index contributed by atoms with van der Waals surface area (Å²) in [6.07, 6.45) is 0.981. The molecule has 0 radical (unpaired) electrons. The normalized spacial score (nSPS) is 35.2. The van der Waals surface area contributed by atoms with E-state index in [4.69, 9.17) is 9.84 Å². The maximum atomic E-state index is 9.20. The molecule has 74 valence electrons. The van der Waals surface area contributed by atoms with Crippen LogP contribution in [0.25, 0.3) is 0 Å². The molecule has 0 saturated carbocycles. The van der Waals surface area contributed by atoms with Crippen LogP contribution < -0.4 is 0 Å². The molecule has 1 saturated heterocycles. The van der Waals surface area contributed by atoms with Gasteiger partial charge in [-0.2, -0.15) is 0 Å². The fraction of sp³-hybridized carbons (Fsp3) is 1.00. The number of aliphatic hydroxyl groups is 2. The zero-order chi connectivity index (χ0) is 9.56. The van der Waals surface area contributed by atoms with Crippen molar-refractivity contribution in [1.82, 2.24) is 0 Å². The lowest BCUT2D eigenvalue weighted by atomic mass is 10.0. The second-order valence-corrected chi connectivity index (χ2v) is 2.81. The van der Waals surface area contributed by atoms with Gasteiger partial charge in [-0.3, -0.25) is 0 Å². The number of aliphatic hydroxyl groups excluding tert-OH is 2. The zero-order valence-corrected chi connectivity index (χ0v) is 8.16. The molecule has 0 aromatic carbocycles. The maximum Gasteiger partial charge on any atom is 0.107 e. The van der Waals surface area contributed by atoms with E-state index in [1.54, 1.807) is 0 Å². The predicted molar refractivity (Wildman–Crippen MR) is 48.0 cm³/mol. The minimum Gasteiger partial charge on any atom is -0.394 e. The van der Waals surface area contributed by atoms with Crippen LogP contribution in [0.4, 0.5) is 0 Å². The number of hydrogen-bond donors (Lipinski definition) is 2. The summed E-state index contributed by atoms with van der Waals surface area (Å²) in [7, 11) is 0. The average molecular weight is 176 g/mol. The van der Waals surface area contributed by atoms with Crippen LogP contribution in [0.1, 0.15) is 33.6 Å². The molecule has 1 rings (SSSR count). The monoisotopic (exact) mass is 176 g/mol. The highest BCUT2D eigenvalue weighted by Gasteiger charge is 2.26. The van der Waals surface area contributed by atoms with Crippen molar-refractivity contribution >= 4 is 0 Å². The number of ether oxygens (including phenoxy) is 1. The van der Waals surface area contributed by atoms with Crippen molar-refractivity contribution in [3.05, 3.63) is 0 Å². The van der Waals surface area contributed by atoms with Crippen LogP contribution in [0, 0.1) is 0 Å². The second kappa shape index (κ2) is 6.40. The summed E-state index contributed by atoms with van der Waals surface area (Å²) in [6.45, 7) is 5.88. The van der Waals surface area contributed by atoms with Gasteiger partial charge < -0.3 is 14.9 Å². The average Bonchev–Trinajstić information content (AvgIpc) is 2.13. The highest BCUT2D eigenvalue weighted by atomic mass is 16.5. The molecule has 0 aromatic heterocycles. The van der Waals surface area contributed by atoms with E-state index in [0.717, 1.165) is 12.8 Å². The Balaban J connectivity index is 0.000000561. The van der Waals surface area contributed by atoms with Crippen LogP contribution in [-0.4, -0.2) is 35.1 Å². The maximum absolute atomic E-state index is 9.20. The van der Waals surface area contributed by atoms with Crippen LogP contribution >= 0.6 is 0 Å². The molecule has 3 nitrogen and oxygen atoms in total. The zero-order valence-electron chi connectivity index (χ0n) is 8.16. The lowest BCUT2D eigenvalue weighted by Gasteiger charge is -2.30. The van der Waals surface area contributed by atoms with E-state index in [1.807, 2.05) is 20.8 Å². The van der Waals surface area contributed by atoms with Gasteiger partial charge in [0.15, 0.2) is 0 Å². The highest BCUT2D eigenvalue weighted by Crippen LogP contribution is 2.18. The van der Waals surface area contributed by atoms with Gasteiger partial charge in [-0.15, -0.1) is 0 Å². The van der Waals surface area contributed by atoms with Crippen LogP contribution in [0.3, 0.4) is 0 Å². The van der Waals surface area contributed by atoms with Crippen molar-refractivity contribution in [2.24, 2.45) is 0 Å². The number of hydrogen-bond acceptors (Lipinski definition) is 3. The lowest BCUT2D eigenvalue weighted by Crippen LogP contribution is -2.39. The summed E-state index contributed by atoms with van der Waals surface area (Å²) in [5, 5.41) is 17.9. The Bertz CT molecular complexity index is 106. The van der Waals surface area contributed by atoms with E-state index in [0.29, 0.717) is 0 Å². The largest absolute Gasteiger partial charge is 0.394 e. The molecule has 2 N–H and O–H groups in total. The fourth-order valence-electron chi connectivity index (χ4n) is 1.21. The predicted octanol–water partition coefficient (Wildman–Crippen LogP) is 0.933. The summed E-state index contributed by atoms with van der Waals surface area (Å²) in [6, 6.07) is 0. The second-order valence-electron chi connectivity index (χ2n) is 2.81. The minimum atomic E-state index is -0.471. The van der Waals surface area contributed by atoms with Crippen LogP contribution in [-0.2, 0) is 4.74 Å². The van der Waals surface area contributed by atoms with Gasteiger partial charge in [0.1, 0.15) is 6.10 Å². The molecule has 0 amide bonds. The summed E-state index contributed by atoms with van der Waals surface area (Å²) >= 11 is 0. The Hall–Kier alpha value is -0.120. The van der Waals surface area contributed by atoms with Gasteiger partial charge in [0.2, 0.25) is 0 Å². The van der Waals surface area contributed by atoms with Gasteiger partial charge in [-0.25, -0.2) is 0 Å². The van der Waals surface area contributed by atoms with Crippen molar-refractivity contribution in [2.75, 3.05) is 6.61 Å². The Kier molecular flexibility index (Phi) is 6.34. The van der Waals surface area contributed by atoms with E-state index in [-0.39, 0.29) is 18.8 Å². The molecule has 1 aliphatic heterocycles. The van der Waals surface area contributed by atoms with E-state index in [1.165, 1.54) is 0 Å². The van der Waals surface area contributed by atoms with Gasteiger partial charge in [0.05, 0.1) is 18.8 Å². The van der Waals surface area contributed by atoms with Gasteiger partial charge in [0.25, 0.3) is 0 Å². The molecule has 3 atom stereocenters. The third-order valence-electron chi connectivity index (χ3n) is 1.89. The molecule has 12 heavy (non-hydrogen) atoms. The number of rotatable bonds is 1. The summed E-state index contributed by atoms with van der Waals surface area (Å²) in [4.78, 5) is 0. The SMILES string of the molecule is CC.CC1CCC(O)C(CO)O1. The molecule has 1 aliphatic rings. The van der Waals surface area contributed by atoms with Crippen LogP contribution in [0.2, 0.25) is 0 Å². The summed E-state index contributed by atoms with van der Waals surface area (Å²) in [5.74, 6) is 0. The van der Waals surface area contributed by atoms with Gasteiger partial charge >= 0.3 is 0 Å². The van der Waals surface area contributed by atoms with Gasteiger partial charge in [-0.1, -0.05) is 13.8 Å². The molecule has 1 fully saturated rings. The summed E-state index contributed by atoms with van der Waals surface area (Å²) in [5.41, 5.74) is 0. The molecule has 0 aliphatic carbocycles. The molecular formula is C9H20O3. The van der Waals surface area contributed by atoms with Gasteiger partial charge in [0, 0.05) is 0 Å². The Labute approximate surface area is 74.4 Å². The molecule has 3 unspecified atom stereocenters. The van der Waals surface area contributed by atoms with Gasteiger partial charge in [-0.05, 0) is 19.8 Å². The van der Waals surface area contributed by atoms with E-state index < -0.39 is 6.10 Å². The van der Waals surface area contributed by atoms with E-state index in [2.05, 4.69) is 0 Å². The Morgan fingerprint density at radius 1 is 1.33 bits per heavy atom. The minimum absolute atomic E-state index is 0.0779. The van der Waals surface area contributed by atoms with Crippen LogP contribution in [0.5, 0.6) is 0 Å². The lowest BCUT2D eigenvalue weighted by molar-refractivity contribution is -0.127. The van der Waals surface area contributed by atoms with Crippen LogP contribution in [0.15, 0.2) is 0 Å². The Morgan fingerprint density at radius 2 is 1.92 bits per heavy atom. The first-order valence-corrected chi connectivity index (χ1v) is 4.68. The van der Waals surface area contributed by atoms with Crippen molar-refractivity contribution in [3.63, 3.8) is 0 Å². The van der Waals surface area contributed by atoms with Crippen molar-refractivity contribution in [3.8, 4) is 0 Å². The standard InChI is InChI=1S/C7H14O3.C2H6/c1-5-2-3-6(9)7(4-8)10-5;1-2/h5-9H,2-4H2,1H3;1-2H3. The molecule has 0 bridgehead atoms. The first-order chi connectivity index (χ1) is 5.74. The first-order valence-electron chi connectivity index (χ1n) is 4.68.